The van der Waals surface area contributed by atoms with Gasteiger partial charge in [-0.3, -0.25) is 0 Å². The fourth-order valence-electron chi connectivity index (χ4n) is 2.26. The normalized spacial score (nSPS) is 12.1. The fraction of sp³-hybridized carbons (Fsp3) is 0.529. The molecule has 0 amide bonds. The van der Waals surface area contributed by atoms with Crippen LogP contribution in [0.3, 0.4) is 0 Å². The second-order valence-electron chi connectivity index (χ2n) is 6.28. The summed E-state index contributed by atoms with van der Waals surface area (Å²) in [5.74, 6) is 1.81. The Labute approximate surface area is 121 Å². The van der Waals surface area contributed by atoms with Crippen LogP contribution in [-0.2, 0) is 13.0 Å². The number of furan rings is 1. The topological polar surface area (TPSA) is 34.4 Å². The smallest absolute Gasteiger partial charge is 0.176 e. The highest BCUT2D eigenvalue weighted by atomic mass is 16.5. The van der Waals surface area contributed by atoms with Gasteiger partial charge in [0.05, 0.1) is 13.7 Å². The highest BCUT2D eigenvalue weighted by Gasteiger charge is 2.17. The zero-order valence-corrected chi connectivity index (χ0v) is 13.4. The fourth-order valence-corrected chi connectivity index (χ4v) is 2.26. The predicted octanol–water partition coefficient (Wildman–Crippen LogP) is 4.20. The molecule has 0 aliphatic carbocycles. The number of nitrogens with one attached hydrogen (secondary N) is 1. The van der Waals surface area contributed by atoms with Crippen LogP contribution < -0.4 is 10.1 Å². The zero-order chi connectivity index (χ0) is 14.9. The van der Waals surface area contributed by atoms with Gasteiger partial charge in [-0.1, -0.05) is 6.92 Å². The number of fused-ring (bicyclic) bond motifs is 1. The van der Waals surface area contributed by atoms with E-state index >= 15 is 0 Å². The Kier molecular flexibility index (Phi) is 4.09. The Morgan fingerprint density at radius 3 is 2.50 bits per heavy atom. The Balaban J connectivity index is 2.46. The second kappa shape index (κ2) is 5.49. The van der Waals surface area contributed by atoms with Crippen molar-refractivity contribution in [3.05, 3.63) is 29.0 Å². The average molecular weight is 275 g/mol. The molecule has 3 heteroatoms. The molecular weight excluding hydrogens is 250 g/mol. The minimum absolute atomic E-state index is 0.0735. The maximum absolute atomic E-state index is 6.03. The van der Waals surface area contributed by atoms with Crippen molar-refractivity contribution >= 4 is 11.0 Å². The first-order valence-electron chi connectivity index (χ1n) is 7.19. The Morgan fingerprint density at radius 1 is 1.25 bits per heavy atom. The van der Waals surface area contributed by atoms with Crippen LogP contribution in [0, 0.1) is 6.92 Å². The summed E-state index contributed by atoms with van der Waals surface area (Å²) in [4.78, 5) is 0. The summed E-state index contributed by atoms with van der Waals surface area (Å²) >= 11 is 0. The molecule has 3 nitrogen and oxygen atoms in total. The maximum atomic E-state index is 6.03. The van der Waals surface area contributed by atoms with Crippen LogP contribution in [0.5, 0.6) is 5.75 Å². The second-order valence-corrected chi connectivity index (χ2v) is 6.28. The molecular formula is C17H25NO2. The first kappa shape index (κ1) is 14.9. The van der Waals surface area contributed by atoms with Gasteiger partial charge in [0.25, 0.3) is 0 Å². The van der Waals surface area contributed by atoms with Gasteiger partial charge in [0, 0.05) is 10.9 Å². The van der Waals surface area contributed by atoms with Crippen molar-refractivity contribution < 1.29 is 9.15 Å². The molecule has 2 aromatic rings. The largest absolute Gasteiger partial charge is 0.493 e. The van der Waals surface area contributed by atoms with E-state index in [0.717, 1.165) is 35.4 Å². The van der Waals surface area contributed by atoms with Crippen LogP contribution >= 0.6 is 0 Å². The summed E-state index contributed by atoms with van der Waals surface area (Å²) in [6, 6.07) is 4.27. The molecule has 0 saturated heterocycles. The standard InChI is InChI=1S/C17H25NO2/c1-7-12-8-13-11(2)15(10-18-17(3,4)5)20-16(13)14(9-12)19-6/h8-9,18H,7,10H2,1-6H3. The molecule has 0 bridgehead atoms. The van der Waals surface area contributed by atoms with Crippen LogP contribution in [0.4, 0.5) is 0 Å². The molecule has 20 heavy (non-hydrogen) atoms. The van der Waals surface area contributed by atoms with Gasteiger partial charge in [0.15, 0.2) is 11.3 Å². The van der Waals surface area contributed by atoms with Gasteiger partial charge in [-0.2, -0.15) is 0 Å². The van der Waals surface area contributed by atoms with Crippen LogP contribution in [0.25, 0.3) is 11.0 Å². The lowest BCUT2D eigenvalue weighted by atomic mass is 10.1. The van der Waals surface area contributed by atoms with E-state index in [0.29, 0.717) is 0 Å². The minimum atomic E-state index is 0.0735. The van der Waals surface area contributed by atoms with Crippen molar-refractivity contribution in [2.24, 2.45) is 0 Å². The first-order chi connectivity index (χ1) is 9.35. The molecule has 0 atom stereocenters. The number of rotatable bonds is 4. The van der Waals surface area contributed by atoms with Gasteiger partial charge in [0.1, 0.15) is 5.76 Å². The van der Waals surface area contributed by atoms with Gasteiger partial charge < -0.3 is 14.5 Å². The highest BCUT2D eigenvalue weighted by molar-refractivity contribution is 5.88. The van der Waals surface area contributed by atoms with Crippen molar-refractivity contribution in [2.45, 2.75) is 53.1 Å². The number of aryl methyl sites for hydroxylation is 2. The molecule has 2 rings (SSSR count). The van der Waals surface area contributed by atoms with Gasteiger partial charge >= 0.3 is 0 Å². The number of methoxy groups -OCH3 is 1. The van der Waals surface area contributed by atoms with E-state index in [2.05, 4.69) is 52.1 Å². The molecule has 0 unspecified atom stereocenters. The Morgan fingerprint density at radius 2 is 1.95 bits per heavy atom. The molecule has 0 aliphatic heterocycles. The van der Waals surface area contributed by atoms with Crippen LogP contribution in [-0.4, -0.2) is 12.6 Å². The number of benzene rings is 1. The molecule has 0 fully saturated rings. The molecule has 1 heterocycles. The van der Waals surface area contributed by atoms with E-state index in [-0.39, 0.29) is 5.54 Å². The SMILES string of the molecule is CCc1cc(OC)c2oc(CNC(C)(C)C)c(C)c2c1. The lowest BCUT2D eigenvalue weighted by Gasteiger charge is -2.19. The van der Waals surface area contributed by atoms with Gasteiger partial charge in [-0.25, -0.2) is 0 Å². The third-order valence-corrected chi connectivity index (χ3v) is 3.57. The average Bonchev–Trinajstić information content (AvgIpc) is 2.71. The van der Waals surface area contributed by atoms with Crippen molar-refractivity contribution in [2.75, 3.05) is 7.11 Å². The first-order valence-corrected chi connectivity index (χ1v) is 7.19. The Bertz CT molecular complexity index is 605. The van der Waals surface area contributed by atoms with E-state index in [4.69, 9.17) is 9.15 Å². The van der Waals surface area contributed by atoms with Gasteiger partial charge in [-0.05, 0) is 57.4 Å². The summed E-state index contributed by atoms with van der Waals surface area (Å²) in [6.45, 7) is 11.5. The zero-order valence-electron chi connectivity index (χ0n) is 13.4. The Hall–Kier alpha value is -1.48. The van der Waals surface area contributed by atoms with Crippen molar-refractivity contribution in [1.29, 1.82) is 0 Å². The van der Waals surface area contributed by atoms with Crippen molar-refractivity contribution in [3.63, 3.8) is 0 Å². The monoisotopic (exact) mass is 275 g/mol. The van der Waals surface area contributed by atoms with Crippen LogP contribution in [0.2, 0.25) is 0 Å². The van der Waals surface area contributed by atoms with Gasteiger partial charge in [0.2, 0.25) is 0 Å². The summed E-state index contributed by atoms with van der Waals surface area (Å²) in [5.41, 5.74) is 3.40. The molecule has 0 aliphatic rings. The number of hydrogen-bond donors (Lipinski definition) is 1. The molecule has 0 spiro atoms. The molecule has 0 saturated carbocycles. The van der Waals surface area contributed by atoms with E-state index in [1.807, 2.05) is 0 Å². The van der Waals surface area contributed by atoms with Crippen LogP contribution in [0.15, 0.2) is 16.5 Å². The molecule has 0 radical (unpaired) electrons. The van der Waals surface area contributed by atoms with E-state index in [1.54, 1.807) is 7.11 Å². The maximum Gasteiger partial charge on any atom is 0.176 e. The minimum Gasteiger partial charge on any atom is -0.493 e. The lowest BCUT2D eigenvalue weighted by molar-refractivity contribution is 0.384. The third kappa shape index (κ3) is 2.98. The number of ether oxygens (including phenoxy) is 1. The van der Waals surface area contributed by atoms with E-state index in [9.17, 15) is 0 Å². The van der Waals surface area contributed by atoms with E-state index < -0.39 is 0 Å². The highest BCUT2D eigenvalue weighted by Crippen LogP contribution is 2.34. The lowest BCUT2D eigenvalue weighted by Crippen LogP contribution is -2.35. The van der Waals surface area contributed by atoms with E-state index in [1.165, 1.54) is 11.1 Å². The molecule has 1 aromatic carbocycles. The summed E-state index contributed by atoms with van der Waals surface area (Å²) in [5, 5.41) is 4.63. The summed E-state index contributed by atoms with van der Waals surface area (Å²) in [6.07, 6.45) is 0.993. The predicted molar refractivity (Wildman–Crippen MR) is 83.5 cm³/mol. The van der Waals surface area contributed by atoms with Crippen molar-refractivity contribution in [1.82, 2.24) is 5.32 Å². The van der Waals surface area contributed by atoms with Crippen molar-refractivity contribution in [3.8, 4) is 5.75 Å². The quantitative estimate of drug-likeness (QED) is 0.908. The molecule has 110 valence electrons. The van der Waals surface area contributed by atoms with Gasteiger partial charge in [-0.15, -0.1) is 0 Å². The summed E-state index contributed by atoms with van der Waals surface area (Å²) in [7, 11) is 1.69. The number of hydrogen-bond acceptors (Lipinski definition) is 3. The van der Waals surface area contributed by atoms with Crippen LogP contribution in [0.1, 0.15) is 44.6 Å². The summed E-state index contributed by atoms with van der Waals surface area (Å²) < 4.78 is 11.5. The third-order valence-electron chi connectivity index (χ3n) is 3.57. The molecule has 1 N–H and O–H groups in total. The molecule has 1 aromatic heterocycles.